The van der Waals surface area contributed by atoms with Crippen LogP contribution in [0.1, 0.15) is 41.8 Å². The van der Waals surface area contributed by atoms with Crippen LogP contribution < -0.4 is 14.2 Å². The summed E-state index contributed by atoms with van der Waals surface area (Å²) in [6, 6.07) is 10.7. The number of hydrogen-bond acceptors (Lipinski definition) is 6. The molecular weight excluding hydrogens is 416 g/mol. The van der Waals surface area contributed by atoms with Gasteiger partial charge in [-0.3, -0.25) is 9.59 Å². The van der Waals surface area contributed by atoms with E-state index in [1.807, 2.05) is 32.0 Å². The number of para-hydroxylation sites is 1. The van der Waals surface area contributed by atoms with Crippen LogP contribution in [0.2, 0.25) is 0 Å². The number of methoxy groups -OCH3 is 1. The highest BCUT2D eigenvalue weighted by molar-refractivity contribution is 7.99. The number of carboxylic acids is 1. The SMILES string of the molecule is CCCOc1c(/C=C/C(=O)c2ccc(OC)c(CSCC(=O)O)c2)cccc1OCC. The molecule has 0 spiro atoms. The van der Waals surface area contributed by atoms with E-state index in [0.29, 0.717) is 41.8 Å². The molecule has 7 heteroatoms. The number of ether oxygens (including phenoxy) is 3. The van der Waals surface area contributed by atoms with Gasteiger partial charge in [-0.2, -0.15) is 0 Å². The van der Waals surface area contributed by atoms with E-state index >= 15 is 0 Å². The third-order valence-electron chi connectivity index (χ3n) is 4.22. The Morgan fingerprint density at radius 1 is 1.10 bits per heavy atom. The summed E-state index contributed by atoms with van der Waals surface area (Å²) in [6.07, 6.45) is 4.08. The maximum absolute atomic E-state index is 12.8. The molecule has 0 unspecified atom stereocenters. The second kappa shape index (κ2) is 12.7. The van der Waals surface area contributed by atoms with Crippen molar-refractivity contribution in [2.45, 2.75) is 26.0 Å². The summed E-state index contributed by atoms with van der Waals surface area (Å²) < 4.78 is 16.9. The van der Waals surface area contributed by atoms with Crippen molar-refractivity contribution in [2.75, 3.05) is 26.1 Å². The number of carboxylic acid groups (broad SMARTS) is 1. The van der Waals surface area contributed by atoms with E-state index in [1.165, 1.54) is 17.8 Å². The number of rotatable bonds is 13. The van der Waals surface area contributed by atoms with Crippen LogP contribution in [-0.2, 0) is 10.5 Å². The van der Waals surface area contributed by atoms with Gasteiger partial charge < -0.3 is 19.3 Å². The Hall–Kier alpha value is -2.93. The second-order valence-electron chi connectivity index (χ2n) is 6.57. The highest BCUT2D eigenvalue weighted by Gasteiger charge is 2.12. The summed E-state index contributed by atoms with van der Waals surface area (Å²) in [5.41, 5.74) is 2.04. The van der Waals surface area contributed by atoms with E-state index in [0.717, 1.165) is 17.5 Å². The second-order valence-corrected chi connectivity index (χ2v) is 7.55. The molecule has 0 radical (unpaired) electrons. The van der Waals surface area contributed by atoms with Crippen LogP contribution in [0, 0.1) is 0 Å². The number of benzene rings is 2. The van der Waals surface area contributed by atoms with Gasteiger partial charge in [0.2, 0.25) is 0 Å². The van der Waals surface area contributed by atoms with E-state index in [-0.39, 0.29) is 11.5 Å². The van der Waals surface area contributed by atoms with Crippen molar-refractivity contribution in [3.05, 3.63) is 59.2 Å². The van der Waals surface area contributed by atoms with Gasteiger partial charge in [0.1, 0.15) is 5.75 Å². The van der Waals surface area contributed by atoms with Crippen LogP contribution in [0.4, 0.5) is 0 Å². The largest absolute Gasteiger partial charge is 0.496 e. The normalized spacial score (nSPS) is 10.8. The summed E-state index contributed by atoms with van der Waals surface area (Å²) in [5, 5.41) is 8.83. The molecule has 2 aromatic rings. The maximum atomic E-state index is 12.8. The molecule has 0 aliphatic carbocycles. The zero-order valence-electron chi connectivity index (χ0n) is 18.1. The molecule has 2 rings (SSSR count). The van der Waals surface area contributed by atoms with Gasteiger partial charge in [0.15, 0.2) is 17.3 Å². The molecule has 0 aliphatic heterocycles. The number of thioether (sulfide) groups is 1. The molecule has 0 saturated heterocycles. The molecule has 1 N–H and O–H groups in total. The number of hydrogen-bond donors (Lipinski definition) is 1. The first-order valence-electron chi connectivity index (χ1n) is 10.1. The van der Waals surface area contributed by atoms with E-state index in [4.69, 9.17) is 19.3 Å². The van der Waals surface area contributed by atoms with Gasteiger partial charge in [-0.25, -0.2) is 0 Å². The molecule has 0 aromatic heterocycles. The average Bonchev–Trinajstić information content (AvgIpc) is 2.76. The Kier molecular flexibility index (Phi) is 9.97. The smallest absolute Gasteiger partial charge is 0.313 e. The van der Waals surface area contributed by atoms with Crippen molar-refractivity contribution in [3.63, 3.8) is 0 Å². The summed E-state index contributed by atoms with van der Waals surface area (Å²) in [5.74, 6) is 1.26. The van der Waals surface area contributed by atoms with Gasteiger partial charge >= 0.3 is 5.97 Å². The summed E-state index contributed by atoms with van der Waals surface area (Å²) in [7, 11) is 1.55. The highest BCUT2D eigenvalue weighted by atomic mass is 32.2. The zero-order valence-corrected chi connectivity index (χ0v) is 18.9. The molecule has 6 nitrogen and oxygen atoms in total. The van der Waals surface area contributed by atoms with Gasteiger partial charge in [0.25, 0.3) is 0 Å². The minimum absolute atomic E-state index is 0.0159. The molecule has 0 heterocycles. The van der Waals surface area contributed by atoms with Crippen molar-refractivity contribution < 1.29 is 28.9 Å². The van der Waals surface area contributed by atoms with Gasteiger partial charge in [-0.05, 0) is 49.8 Å². The molecular formula is C24H28O6S. The Bertz CT molecular complexity index is 922. The van der Waals surface area contributed by atoms with Crippen molar-refractivity contribution >= 4 is 29.6 Å². The molecule has 0 fully saturated rings. The molecule has 166 valence electrons. The number of allylic oxidation sites excluding steroid dienone is 1. The minimum atomic E-state index is -0.880. The van der Waals surface area contributed by atoms with E-state index < -0.39 is 5.97 Å². The lowest BCUT2D eigenvalue weighted by Gasteiger charge is -2.14. The molecule has 0 aliphatic rings. The fraction of sp³-hybridized carbons (Fsp3) is 0.333. The van der Waals surface area contributed by atoms with Gasteiger partial charge in [0, 0.05) is 22.4 Å². The topological polar surface area (TPSA) is 82.1 Å². The number of aliphatic carboxylic acids is 1. The van der Waals surface area contributed by atoms with Crippen molar-refractivity contribution in [1.29, 1.82) is 0 Å². The molecule has 0 amide bonds. The predicted molar refractivity (Wildman–Crippen MR) is 124 cm³/mol. The molecule has 0 saturated carbocycles. The van der Waals surface area contributed by atoms with Crippen LogP contribution in [0.5, 0.6) is 17.2 Å². The molecule has 31 heavy (non-hydrogen) atoms. The van der Waals surface area contributed by atoms with Gasteiger partial charge in [-0.1, -0.05) is 19.1 Å². The first-order chi connectivity index (χ1) is 15.0. The van der Waals surface area contributed by atoms with Crippen molar-refractivity contribution in [3.8, 4) is 17.2 Å². The lowest BCUT2D eigenvalue weighted by Crippen LogP contribution is -2.02. The minimum Gasteiger partial charge on any atom is -0.496 e. The maximum Gasteiger partial charge on any atom is 0.313 e. The summed E-state index contributed by atoms with van der Waals surface area (Å²) in [4.78, 5) is 23.6. The van der Waals surface area contributed by atoms with Crippen LogP contribution >= 0.6 is 11.8 Å². The first kappa shape index (κ1) is 24.3. The Morgan fingerprint density at radius 3 is 2.58 bits per heavy atom. The number of ketones is 1. The number of carbonyl (C=O) groups is 2. The van der Waals surface area contributed by atoms with Crippen molar-refractivity contribution in [2.24, 2.45) is 0 Å². The standard InChI is InChI=1S/C24H28O6S/c1-4-13-30-24-17(7-6-8-22(24)29-5-2)9-11-20(25)18-10-12-21(28-3)19(14-18)15-31-16-23(26)27/h6-12,14H,4-5,13,15-16H2,1-3H3,(H,26,27)/b11-9+. The predicted octanol–water partition coefficient (Wildman–Crippen LogP) is 5.10. The third kappa shape index (κ3) is 7.36. The summed E-state index contributed by atoms with van der Waals surface area (Å²) >= 11 is 1.25. The highest BCUT2D eigenvalue weighted by Crippen LogP contribution is 2.33. The quantitative estimate of drug-likeness (QED) is 0.340. The Morgan fingerprint density at radius 2 is 1.90 bits per heavy atom. The van der Waals surface area contributed by atoms with Crippen molar-refractivity contribution in [1.82, 2.24) is 0 Å². The van der Waals surface area contributed by atoms with E-state index in [9.17, 15) is 9.59 Å². The molecule has 0 bridgehead atoms. The zero-order chi connectivity index (χ0) is 22.6. The van der Waals surface area contributed by atoms with Crippen LogP contribution in [-0.4, -0.2) is 42.9 Å². The van der Waals surface area contributed by atoms with Gasteiger partial charge in [0.05, 0.1) is 26.1 Å². The van der Waals surface area contributed by atoms with Crippen LogP contribution in [0.15, 0.2) is 42.5 Å². The number of carbonyl (C=O) groups excluding carboxylic acids is 1. The average molecular weight is 445 g/mol. The Balaban J connectivity index is 2.24. The van der Waals surface area contributed by atoms with E-state index in [2.05, 4.69) is 0 Å². The lowest BCUT2D eigenvalue weighted by atomic mass is 10.1. The lowest BCUT2D eigenvalue weighted by molar-refractivity contribution is -0.133. The van der Waals surface area contributed by atoms with Crippen LogP contribution in [0.25, 0.3) is 6.08 Å². The molecule has 0 atom stereocenters. The van der Waals surface area contributed by atoms with Gasteiger partial charge in [-0.15, -0.1) is 11.8 Å². The third-order valence-corrected chi connectivity index (χ3v) is 5.19. The van der Waals surface area contributed by atoms with E-state index in [1.54, 1.807) is 31.4 Å². The monoisotopic (exact) mass is 444 g/mol. The first-order valence-corrected chi connectivity index (χ1v) is 11.2. The summed E-state index contributed by atoms with van der Waals surface area (Å²) in [6.45, 7) is 5.00. The fourth-order valence-electron chi connectivity index (χ4n) is 2.85. The Labute approximate surface area is 187 Å². The van der Waals surface area contributed by atoms with Crippen LogP contribution in [0.3, 0.4) is 0 Å². The molecule has 2 aromatic carbocycles. The fourth-order valence-corrected chi connectivity index (χ4v) is 3.57.